The van der Waals surface area contributed by atoms with Gasteiger partial charge >= 0.3 is 5.97 Å². The summed E-state index contributed by atoms with van der Waals surface area (Å²) in [7, 11) is 0. The summed E-state index contributed by atoms with van der Waals surface area (Å²) in [6.07, 6.45) is 1.89. The van der Waals surface area contributed by atoms with Crippen LogP contribution in [0.3, 0.4) is 0 Å². The molecular formula is C14H15F2NO4. The fourth-order valence-corrected chi connectivity index (χ4v) is 2.31. The van der Waals surface area contributed by atoms with Crippen molar-refractivity contribution in [3.63, 3.8) is 0 Å². The molecule has 0 aliphatic heterocycles. The average Bonchev–Trinajstić information content (AvgIpc) is 2.34. The third-order valence-electron chi connectivity index (χ3n) is 3.46. The predicted octanol–water partition coefficient (Wildman–Crippen LogP) is 1.86. The highest BCUT2D eigenvalue weighted by molar-refractivity contribution is 5.80. The van der Waals surface area contributed by atoms with Crippen LogP contribution in [0.4, 0.5) is 8.78 Å². The van der Waals surface area contributed by atoms with E-state index in [1.54, 1.807) is 0 Å². The van der Waals surface area contributed by atoms with Crippen molar-refractivity contribution in [1.29, 1.82) is 0 Å². The Balaban J connectivity index is 1.88. The van der Waals surface area contributed by atoms with Gasteiger partial charge in [0.15, 0.2) is 18.2 Å². The smallest absolute Gasteiger partial charge is 0.305 e. The number of aliphatic carboxylic acids is 1. The summed E-state index contributed by atoms with van der Waals surface area (Å²) in [5.41, 5.74) is -0.729. The summed E-state index contributed by atoms with van der Waals surface area (Å²) in [6.45, 7) is -0.454. The van der Waals surface area contributed by atoms with Crippen molar-refractivity contribution in [2.75, 3.05) is 6.61 Å². The van der Waals surface area contributed by atoms with Gasteiger partial charge in [0.1, 0.15) is 5.82 Å². The zero-order valence-corrected chi connectivity index (χ0v) is 11.2. The Hall–Kier alpha value is -2.18. The standard InChI is InChI=1S/C14H15F2NO4/c15-9-2-3-11(10(16)6-9)21-8-12(18)17-14(4-1-5-14)7-13(19)20/h2-3,6H,1,4-5,7-8H2,(H,17,18)(H,19,20). The van der Waals surface area contributed by atoms with Crippen LogP contribution in [0, 0.1) is 11.6 Å². The first-order valence-electron chi connectivity index (χ1n) is 6.51. The van der Waals surface area contributed by atoms with E-state index in [1.807, 2.05) is 0 Å². The van der Waals surface area contributed by atoms with Crippen LogP contribution in [0.15, 0.2) is 18.2 Å². The van der Waals surface area contributed by atoms with E-state index in [4.69, 9.17) is 9.84 Å². The maximum atomic E-state index is 13.3. The normalized spacial score (nSPS) is 15.9. The van der Waals surface area contributed by atoms with Gasteiger partial charge in [-0.25, -0.2) is 8.78 Å². The predicted molar refractivity (Wildman–Crippen MR) is 68.8 cm³/mol. The molecule has 1 fully saturated rings. The van der Waals surface area contributed by atoms with E-state index >= 15 is 0 Å². The van der Waals surface area contributed by atoms with E-state index < -0.39 is 35.7 Å². The summed E-state index contributed by atoms with van der Waals surface area (Å²) >= 11 is 0. The third kappa shape index (κ3) is 3.90. The first-order valence-corrected chi connectivity index (χ1v) is 6.51. The largest absolute Gasteiger partial charge is 0.481 e. The molecule has 114 valence electrons. The molecule has 5 nitrogen and oxygen atoms in total. The highest BCUT2D eigenvalue weighted by Crippen LogP contribution is 2.34. The topological polar surface area (TPSA) is 75.6 Å². The van der Waals surface area contributed by atoms with Crippen molar-refractivity contribution in [1.82, 2.24) is 5.32 Å². The van der Waals surface area contributed by atoms with Crippen molar-refractivity contribution < 1.29 is 28.2 Å². The molecule has 0 aromatic heterocycles. The molecule has 1 aromatic rings. The molecule has 0 atom stereocenters. The van der Waals surface area contributed by atoms with Gasteiger partial charge < -0.3 is 15.2 Å². The Morgan fingerprint density at radius 2 is 2.05 bits per heavy atom. The van der Waals surface area contributed by atoms with Crippen molar-refractivity contribution in [3.8, 4) is 5.75 Å². The molecular weight excluding hydrogens is 284 g/mol. The van der Waals surface area contributed by atoms with Crippen LogP contribution in [-0.2, 0) is 9.59 Å². The number of amides is 1. The van der Waals surface area contributed by atoms with Crippen molar-refractivity contribution in [2.24, 2.45) is 0 Å². The molecule has 2 N–H and O–H groups in total. The highest BCUT2D eigenvalue weighted by atomic mass is 19.1. The van der Waals surface area contributed by atoms with Crippen LogP contribution < -0.4 is 10.1 Å². The summed E-state index contributed by atoms with van der Waals surface area (Å²) < 4.78 is 31.0. The molecule has 1 aliphatic carbocycles. The van der Waals surface area contributed by atoms with Gasteiger partial charge in [-0.15, -0.1) is 0 Å². The van der Waals surface area contributed by atoms with Crippen LogP contribution >= 0.6 is 0 Å². The molecule has 21 heavy (non-hydrogen) atoms. The molecule has 0 spiro atoms. The number of ether oxygens (including phenoxy) is 1. The van der Waals surface area contributed by atoms with E-state index in [2.05, 4.69) is 5.32 Å². The first kappa shape index (κ1) is 15.2. The Labute approximate surface area is 119 Å². The van der Waals surface area contributed by atoms with Crippen molar-refractivity contribution in [3.05, 3.63) is 29.8 Å². The number of carbonyl (C=O) groups is 2. The average molecular weight is 299 g/mol. The number of carboxylic acid groups (broad SMARTS) is 1. The molecule has 1 aromatic carbocycles. The molecule has 0 saturated heterocycles. The fraction of sp³-hybridized carbons (Fsp3) is 0.429. The number of rotatable bonds is 6. The van der Waals surface area contributed by atoms with Gasteiger partial charge in [0.25, 0.3) is 5.91 Å². The van der Waals surface area contributed by atoms with Crippen molar-refractivity contribution >= 4 is 11.9 Å². The van der Waals surface area contributed by atoms with Gasteiger partial charge in [-0.1, -0.05) is 0 Å². The van der Waals surface area contributed by atoms with Crippen LogP contribution in [-0.4, -0.2) is 29.1 Å². The second-order valence-corrected chi connectivity index (χ2v) is 5.12. The summed E-state index contributed by atoms with van der Waals surface area (Å²) in [5, 5.41) is 11.5. The zero-order valence-electron chi connectivity index (χ0n) is 11.2. The van der Waals surface area contributed by atoms with Crippen molar-refractivity contribution in [2.45, 2.75) is 31.2 Å². The fourth-order valence-electron chi connectivity index (χ4n) is 2.31. The highest BCUT2D eigenvalue weighted by Gasteiger charge is 2.40. The minimum absolute atomic E-state index is 0.149. The van der Waals surface area contributed by atoms with Gasteiger partial charge in [-0.05, 0) is 31.4 Å². The van der Waals surface area contributed by atoms with Gasteiger partial charge in [-0.2, -0.15) is 0 Å². The molecule has 1 aliphatic rings. The summed E-state index contributed by atoms with van der Waals surface area (Å²) in [6, 6.07) is 2.77. The van der Waals surface area contributed by atoms with Gasteiger partial charge in [0.2, 0.25) is 0 Å². The van der Waals surface area contributed by atoms with Gasteiger partial charge in [0, 0.05) is 6.07 Å². The molecule has 0 radical (unpaired) electrons. The van der Waals surface area contributed by atoms with Crippen LogP contribution in [0.25, 0.3) is 0 Å². The number of hydrogen-bond acceptors (Lipinski definition) is 3. The lowest BCUT2D eigenvalue weighted by Crippen LogP contribution is -2.55. The third-order valence-corrected chi connectivity index (χ3v) is 3.46. The summed E-state index contributed by atoms with van der Waals surface area (Å²) in [4.78, 5) is 22.5. The van der Waals surface area contributed by atoms with E-state index in [0.717, 1.165) is 18.6 Å². The number of nitrogens with one attached hydrogen (secondary N) is 1. The van der Waals surface area contributed by atoms with E-state index in [1.165, 1.54) is 0 Å². The quantitative estimate of drug-likeness (QED) is 0.840. The lowest BCUT2D eigenvalue weighted by Gasteiger charge is -2.41. The monoisotopic (exact) mass is 299 g/mol. The molecule has 0 heterocycles. The van der Waals surface area contributed by atoms with E-state index in [-0.39, 0.29) is 12.2 Å². The molecule has 0 bridgehead atoms. The Morgan fingerprint density at radius 3 is 2.57 bits per heavy atom. The molecule has 7 heteroatoms. The van der Waals surface area contributed by atoms with Gasteiger partial charge in [0.05, 0.1) is 12.0 Å². The maximum absolute atomic E-state index is 13.3. The Morgan fingerprint density at radius 1 is 1.33 bits per heavy atom. The lowest BCUT2D eigenvalue weighted by atomic mass is 9.74. The minimum atomic E-state index is -0.986. The number of carboxylic acids is 1. The lowest BCUT2D eigenvalue weighted by molar-refractivity contribution is -0.140. The second kappa shape index (κ2) is 6.07. The first-order chi connectivity index (χ1) is 9.90. The SMILES string of the molecule is O=C(O)CC1(NC(=O)COc2ccc(F)cc2F)CCC1. The number of carbonyl (C=O) groups excluding carboxylic acids is 1. The van der Waals surface area contributed by atoms with E-state index in [0.29, 0.717) is 18.9 Å². The second-order valence-electron chi connectivity index (χ2n) is 5.12. The van der Waals surface area contributed by atoms with Gasteiger partial charge in [-0.3, -0.25) is 9.59 Å². The summed E-state index contributed by atoms with van der Waals surface area (Å²) in [5.74, 6) is -3.38. The maximum Gasteiger partial charge on any atom is 0.305 e. The zero-order chi connectivity index (χ0) is 15.5. The number of hydrogen-bond donors (Lipinski definition) is 2. The van der Waals surface area contributed by atoms with Crippen LogP contribution in [0.1, 0.15) is 25.7 Å². The molecule has 1 saturated carbocycles. The minimum Gasteiger partial charge on any atom is -0.481 e. The van der Waals surface area contributed by atoms with Crippen LogP contribution in [0.2, 0.25) is 0 Å². The molecule has 2 rings (SSSR count). The molecule has 1 amide bonds. The van der Waals surface area contributed by atoms with E-state index in [9.17, 15) is 18.4 Å². The number of halogens is 2. The number of benzene rings is 1. The molecule has 0 unspecified atom stereocenters. The Bertz CT molecular complexity index is 558. The Kier molecular flexibility index (Phi) is 4.40. The van der Waals surface area contributed by atoms with Crippen LogP contribution in [0.5, 0.6) is 5.75 Å².